The van der Waals surface area contributed by atoms with Gasteiger partial charge in [-0.05, 0) is 35.5 Å². The molecule has 0 N–H and O–H groups in total. The maximum atomic E-state index is 13.6. The fraction of sp³-hybridized carbons (Fsp3) is 0.333. The topological polar surface area (TPSA) is 72.5 Å². The van der Waals surface area contributed by atoms with Crippen LogP contribution < -0.4 is 39.0 Å². The molecule has 0 radical (unpaired) electrons. The summed E-state index contributed by atoms with van der Waals surface area (Å²) in [6.07, 6.45) is 0. The summed E-state index contributed by atoms with van der Waals surface area (Å²) in [7, 11) is 8.86. The van der Waals surface area contributed by atoms with E-state index in [0.717, 1.165) is 0 Å². The van der Waals surface area contributed by atoms with Crippen molar-refractivity contribution in [2.24, 2.45) is 0 Å². The molecule has 0 heterocycles. The van der Waals surface area contributed by atoms with E-state index in [4.69, 9.17) is 39.7 Å². The van der Waals surface area contributed by atoms with Gasteiger partial charge in [0.1, 0.15) is 0 Å². The third kappa shape index (κ3) is 3.89. The van der Waals surface area contributed by atoms with Crippen molar-refractivity contribution in [1.29, 1.82) is 0 Å². The molecule has 27 heavy (non-hydrogen) atoms. The zero-order chi connectivity index (χ0) is 20.2. The second-order valence-electron chi connectivity index (χ2n) is 5.30. The van der Waals surface area contributed by atoms with Crippen molar-refractivity contribution in [2.45, 2.75) is 0 Å². The van der Waals surface area contributed by atoms with Crippen LogP contribution in [0.25, 0.3) is 0 Å². The lowest BCUT2D eigenvalue weighted by Gasteiger charge is -2.19. The molecule has 0 unspecified atom stereocenters. The highest BCUT2D eigenvalue weighted by Gasteiger charge is 2.30. The summed E-state index contributed by atoms with van der Waals surface area (Å²) in [5, 5.41) is 0.626. The molecule has 148 valence electrons. The SMILES string of the molecule is COc1cc(P(=O)(Cl)c2cc(OC)c(OC)c(OC)c2)cc(OC)c1OC. The largest absolute Gasteiger partial charge is 0.493 e. The standard InChI is InChI=1S/C18H22ClO7P/c1-21-13-7-11(8-14(22-2)17(13)25-5)27(19,20)12-9-15(23-3)18(26-6)16(10-12)24-4/h7-10H,1-6H3. The fourth-order valence-electron chi connectivity index (χ4n) is 2.62. The second kappa shape index (κ2) is 8.63. The van der Waals surface area contributed by atoms with E-state index in [-0.39, 0.29) is 0 Å². The second-order valence-corrected chi connectivity index (χ2v) is 8.83. The molecule has 0 bridgehead atoms. The van der Waals surface area contributed by atoms with Crippen molar-refractivity contribution in [3.63, 3.8) is 0 Å². The minimum absolute atomic E-state index is 0.313. The average Bonchev–Trinajstić information content (AvgIpc) is 2.70. The molecule has 0 aliphatic heterocycles. The lowest BCUT2D eigenvalue weighted by molar-refractivity contribution is 0.324. The summed E-state index contributed by atoms with van der Waals surface area (Å²) >= 11 is 6.55. The van der Waals surface area contributed by atoms with E-state index in [1.165, 1.54) is 42.7 Å². The number of rotatable bonds is 8. The molecule has 2 rings (SSSR count). The van der Waals surface area contributed by atoms with Crippen LogP contribution in [0.4, 0.5) is 0 Å². The molecule has 0 spiro atoms. The summed E-state index contributed by atoms with van der Waals surface area (Å²) in [6, 6.07) is 6.22. The predicted octanol–water partition coefficient (Wildman–Crippen LogP) is 3.21. The highest BCUT2D eigenvalue weighted by Crippen LogP contribution is 2.53. The fourth-order valence-corrected chi connectivity index (χ4v) is 4.63. The maximum Gasteiger partial charge on any atom is 0.226 e. The quantitative estimate of drug-likeness (QED) is 0.612. The van der Waals surface area contributed by atoms with Gasteiger partial charge >= 0.3 is 0 Å². The van der Waals surface area contributed by atoms with Gasteiger partial charge in [0, 0.05) is 10.6 Å². The van der Waals surface area contributed by atoms with Crippen molar-refractivity contribution >= 4 is 28.3 Å². The summed E-state index contributed by atoms with van der Waals surface area (Å²) in [5.41, 5.74) is 0. The first-order valence-electron chi connectivity index (χ1n) is 7.78. The van der Waals surface area contributed by atoms with Gasteiger partial charge in [-0.1, -0.05) is 0 Å². The van der Waals surface area contributed by atoms with E-state index in [9.17, 15) is 4.57 Å². The highest BCUT2D eigenvalue weighted by molar-refractivity contribution is 8.00. The van der Waals surface area contributed by atoms with Crippen molar-refractivity contribution in [3.05, 3.63) is 24.3 Å². The zero-order valence-corrected chi connectivity index (χ0v) is 17.6. The molecule has 2 aromatic carbocycles. The lowest BCUT2D eigenvalue weighted by atomic mass is 10.3. The minimum Gasteiger partial charge on any atom is -0.493 e. The Bertz CT molecular complexity index is 751. The van der Waals surface area contributed by atoms with Gasteiger partial charge in [-0.25, -0.2) is 0 Å². The third-order valence-corrected chi connectivity index (χ3v) is 6.98. The molecular weight excluding hydrogens is 395 g/mol. The highest BCUT2D eigenvalue weighted by atomic mass is 35.7. The monoisotopic (exact) mass is 416 g/mol. The van der Waals surface area contributed by atoms with Gasteiger partial charge in [-0.2, -0.15) is 0 Å². The molecule has 9 heteroatoms. The summed E-state index contributed by atoms with van der Waals surface area (Å²) < 4.78 is 45.4. The molecule has 0 saturated carbocycles. The van der Waals surface area contributed by atoms with Crippen LogP contribution in [0, 0.1) is 0 Å². The van der Waals surface area contributed by atoms with Crippen molar-refractivity contribution < 1.29 is 33.0 Å². The van der Waals surface area contributed by atoms with Crippen LogP contribution in [0.15, 0.2) is 24.3 Å². The van der Waals surface area contributed by atoms with Gasteiger partial charge in [0.2, 0.25) is 18.0 Å². The van der Waals surface area contributed by atoms with E-state index in [2.05, 4.69) is 0 Å². The van der Waals surface area contributed by atoms with E-state index < -0.39 is 6.49 Å². The first-order chi connectivity index (χ1) is 12.9. The van der Waals surface area contributed by atoms with E-state index >= 15 is 0 Å². The number of halogens is 1. The maximum absolute atomic E-state index is 13.6. The number of methoxy groups -OCH3 is 6. The van der Waals surface area contributed by atoms with Crippen molar-refractivity contribution in [2.75, 3.05) is 42.7 Å². The smallest absolute Gasteiger partial charge is 0.226 e. The molecule has 0 saturated heterocycles. The lowest BCUT2D eigenvalue weighted by Crippen LogP contribution is -2.15. The molecule has 0 aliphatic rings. The number of hydrogen-bond donors (Lipinski definition) is 0. The summed E-state index contributed by atoms with van der Waals surface area (Å²) in [5.74, 6) is 2.15. The van der Waals surface area contributed by atoms with Crippen LogP contribution in [-0.2, 0) is 4.57 Å². The van der Waals surface area contributed by atoms with Crippen LogP contribution in [-0.4, -0.2) is 42.7 Å². The van der Waals surface area contributed by atoms with Crippen molar-refractivity contribution in [3.8, 4) is 34.5 Å². The Balaban J connectivity index is 2.70. The summed E-state index contributed by atoms with van der Waals surface area (Å²) in [4.78, 5) is 0. The van der Waals surface area contributed by atoms with Crippen LogP contribution >= 0.6 is 17.7 Å². The van der Waals surface area contributed by atoms with E-state index in [1.807, 2.05) is 0 Å². The molecule has 0 amide bonds. The Morgan fingerprint density at radius 3 is 1.04 bits per heavy atom. The molecule has 0 aliphatic carbocycles. The van der Waals surface area contributed by atoms with Gasteiger partial charge in [-0.15, -0.1) is 0 Å². The molecule has 0 fully saturated rings. The van der Waals surface area contributed by atoms with Crippen molar-refractivity contribution in [1.82, 2.24) is 0 Å². The van der Waals surface area contributed by atoms with Gasteiger partial charge in [0.25, 0.3) is 0 Å². The van der Waals surface area contributed by atoms with Crippen LogP contribution in [0.2, 0.25) is 0 Å². The zero-order valence-electron chi connectivity index (χ0n) is 16.0. The molecule has 2 aromatic rings. The molecule has 0 aromatic heterocycles. The summed E-state index contributed by atoms with van der Waals surface area (Å²) in [6.45, 7) is -3.58. The van der Waals surface area contributed by atoms with Crippen LogP contribution in [0.1, 0.15) is 0 Å². The van der Waals surface area contributed by atoms with Crippen LogP contribution in [0.3, 0.4) is 0 Å². The van der Waals surface area contributed by atoms with Gasteiger partial charge < -0.3 is 28.4 Å². The van der Waals surface area contributed by atoms with E-state index in [0.29, 0.717) is 45.1 Å². The van der Waals surface area contributed by atoms with E-state index in [1.54, 1.807) is 24.3 Å². The predicted molar refractivity (Wildman–Crippen MR) is 105 cm³/mol. The minimum atomic E-state index is -3.58. The number of hydrogen-bond acceptors (Lipinski definition) is 7. The average molecular weight is 417 g/mol. The number of ether oxygens (including phenoxy) is 6. The Hall–Kier alpha value is -2.24. The van der Waals surface area contributed by atoms with Crippen LogP contribution in [0.5, 0.6) is 34.5 Å². The first kappa shape index (κ1) is 21.1. The molecular formula is C18H22ClO7P. The molecule has 0 atom stereocenters. The normalized spacial score (nSPS) is 10.9. The Morgan fingerprint density at radius 1 is 0.593 bits per heavy atom. The Kier molecular flexibility index (Phi) is 6.73. The number of benzene rings is 2. The van der Waals surface area contributed by atoms with Gasteiger partial charge in [-0.3, -0.25) is 4.57 Å². The van der Waals surface area contributed by atoms with Gasteiger partial charge in [0.05, 0.1) is 42.7 Å². The third-order valence-electron chi connectivity index (χ3n) is 3.96. The Labute approximate surface area is 163 Å². The first-order valence-corrected chi connectivity index (χ1v) is 10.4. The molecule has 7 nitrogen and oxygen atoms in total. The Morgan fingerprint density at radius 2 is 0.852 bits per heavy atom. The van der Waals surface area contributed by atoms with Gasteiger partial charge in [0.15, 0.2) is 23.0 Å².